The van der Waals surface area contributed by atoms with Crippen LogP contribution in [-0.4, -0.2) is 30.7 Å². The normalized spacial score (nSPS) is 10.4. The molecule has 124 valence electrons. The molecule has 0 aliphatic carbocycles. The van der Waals surface area contributed by atoms with Crippen molar-refractivity contribution in [2.75, 3.05) is 18.5 Å². The number of hydrogen-bond acceptors (Lipinski definition) is 4. The van der Waals surface area contributed by atoms with Crippen molar-refractivity contribution in [2.24, 2.45) is 5.11 Å². The van der Waals surface area contributed by atoms with Crippen LogP contribution in [0.15, 0.2) is 29.4 Å². The highest BCUT2D eigenvalue weighted by Gasteiger charge is 2.14. The highest BCUT2D eigenvalue weighted by Crippen LogP contribution is 2.10. The highest BCUT2D eigenvalue weighted by atomic mass is 16.5. The van der Waals surface area contributed by atoms with Crippen LogP contribution in [-0.2, 0) is 16.0 Å². The maximum atomic E-state index is 11.5. The molecule has 1 rings (SSSR count). The number of alkyl carbamates (subject to hydrolysis) is 1. The fourth-order valence-electron chi connectivity index (χ4n) is 1.65. The number of nitrogens with one attached hydrogen (secondary N) is 2. The second-order valence-electron chi connectivity index (χ2n) is 5.89. The van der Waals surface area contributed by atoms with Crippen LogP contribution in [0.5, 0.6) is 0 Å². The Morgan fingerprint density at radius 2 is 1.91 bits per heavy atom. The summed E-state index contributed by atoms with van der Waals surface area (Å²) in [6.45, 7) is 5.66. The average molecular weight is 319 g/mol. The Kier molecular flexibility index (Phi) is 6.89. The largest absolute Gasteiger partial charge is 0.449 e. The number of azide groups is 1. The molecule has 0 atom stereocenters. The Balaban J connectivity index is 2.38. The van der Waals surface area contributed by atoms with Gasteiger partial charge < -0.3 is 15.4 Å². The van der Waals surface area contributed by atoms with Gasteiger partial charge in [-0.15, -0.1) is 0 Å². The number of carbonyl (C=O) groups excluding carboxylic acids is 2. The Hall–Kier alpha value is -2.73. The predicted molar refractivity (Wildman–Crippen MR) is 87.0 cm³/mol. The summed E-state index contributed by atoms with van der Waals surface area (Å²) in [5.74, 6) is -0.377. The van der Waals surface area contributed by atoms with Gasteiger partial charge in [-0.2, -0.15) is 0 Å². The summed E-state index contributed by atoms with van der Waals surface area (Å²) in [6.07, 6.45) is 0.129. The van der Waals surface area contributed by atoms with E-state index in [0.29, 0.717) is 12.1 Å². The fourth-order valence-corrected chi connectivity index (χ4v) is 1.65. The van der Waals surface area contributed by atoms with Gasteiger partial charge >= 0.3 is 6.09 Å². The summed E-state index contributed by atoms with van der Waals surface area (Å²) in [5, 5.41) is 8.50. The van der Waals surface area contributed by atoms with E-state index in [4.69, 9.17) is 10.3 Å². The van der Waals surface area contributed by atoms with Crippen molar-refractivity contribution in [2.45, 2.75) is 32.7 Å². The monoisotopic (exact) mass is 319 g/mol. The van der Waals surface area contributed by atoms with Crippen molar-refractivity contribution < 1.29 is 14.3 Å². The van der Waals surface area contributed by atoms with Gasteiger partial charge in [0.25, 0.3) is 0 Å². The Bertz CT molecular complexity index is 586. The first-order valence-electron chi connectivity index (χ1n) is 7.15. The quantitative estimate of drug-likeness (QED) is 0.477. The molecule has 8 nitrogen and oxygen atoms in total. The van der Waals surface area contributed by atoms with Crippen LogP contribution in [0.25, 0.3) is 10.4 Å². The number of hydrogen-bond donors (Lipinski definition) is 2. The molecule has 2 amide bonds. The van der Waals surface area contributed by atoms with Gasteiger partial charge in [-0.25, -0.2) is 4.79 Å². The maximum Gasteiger partial charge on any atom is 0.407 e. The zero-order valence-corrected chi connectivity index (χ0v) is 13.5. The predicted octanol–water partition coefficient (Wildman–Crippen LogP) is 3.00. The zero-order chi connectivity index (χ0) is 17.3. The molecule has 0 unspecified atom stereocenters. The molecule has 0 aliphatic heterocycles. The number of ether oxygens (including phenoxy) is 1. The van der Waals surface area contributed by atoms with E-state index in [9.17, 15) is 9.59 Å². The van der Waals surface area contributed by atoms with E-state index in [1.165, 1.54) is 0 Å². The van der Waals surface area contributed by atoms with E-state index in [-0.39, 0.29) is 24.6 Å². The van der Waals surface area contributed by atoms with E-state index in [1.54, 1.807) is 12.1 Å². The third kappa shape index (κ3) is 8.33. The van der Waals surface area contributed by atoms with Crippen molar-refractivity contribution in [3.05, 3.63) is 40.3 Å². The Morgan fingerprint density at radius 1 is 1.26 bits per heavy atom. The van der Waals surface area contributed by atoms with Gasteiger partial charge in [0.15, 0.2) is 0 Å². The molecule has 0 aliphatic rings. The summed E-state index contributed by atoms with van der Waals surface area (Å²) in [5.41, 5.74) is 9.40. The van der Waals surface area contributed by atoms with Crippen LogP contribution < -0.4 is 10.6 Å². The molecule has 8 heteroatoms. The highest BCUT2D eigenvalue weighted by molar-refractivity contribution is 5.92. The molecule has 1 aromatic carbocycles. The van der Waals surface area contributed by atoms with Crippen LogP contribution in [0.3, 0.4) is 0 Å². The minimum absolute atomic E-state index is 0.241. The molecule has 0 saturated carbocycles. The van der Waals surface area contributed by atoms with Gasteiger partial charge in [0.1, 0.15) is 6.54 Å². The average Bonchev–Trinajstić information content (AvgIpc) is 2.45. The minimum Gasteiger partial charge on any atom is -0.449 e. The standard InChI is InChI=1S/C15H21N5O3/c1-15(2,3)19-14(22)23-9-8-11-4-6-12(7-5-11)18-13(21)10-17-20-16/h4-7H,8-10H2,1-3H3,(H,18,21)(H,19,22). The van der Waals surface area contributed by atoms with Crippen molar-refractivity contribution >= 4 is 17.7 Å². The lowest BCUT2D eigenvalue weighted by atomic mass is 10.1. The lowest BCUT2D eigenvalue weighted by Gasteiger charge is -2.19. The fraction of sp³-hybridized carbons (Fsp3) is 0.467. The number of benzene rings is 1. The van der Waals surface area contributed by atoms with Gasteiger partial charge in [-0.05, 0) is 44.0 Å². The summed E-state index contributed by atoms with van der Waals surface area (Å²) in [6, 6.07) is 7.12. The lowest BCUT2D eigenvalue weighted by Crippen LogP contribution is -2.41. The van der Waals surface area contributed by atoms with Gasteiger partial charge in [-0.1, -0.05) is 17.2 Å². The van der Waals surface area contributed by atoms with Crippen molar-refractivity contribution in [3.63, 3.8) is 0 Å². The van der Waals surface area contributed by atoms with E-state index in [2.05, 4.69) is 20.7 Å². The molecule has 0 spiro atoms. The van der Waals surface area contributed by atoms with E-state index < -0.39 is 6.09 Å². The first-order valence-corrected chi connectivity index (χ1v) is 7.15. The molecule has 1 aromatic rings. The summed E-state index contributed by atoms with van der Waals surface area (Å²) >= 11 is 0. The van der Waals surface area contributed by atoms with Crippen LogP contribution in [0.4, 0.5) is 10.5 Å². The number of nitrogens with zero attached hydrogens (tertiary/aromatic N) is 3. The zero-order valence-electron chi connectivity index (χ0n) is 13.5. The van der Waals surface area contributed by atoms with Gasteiger partial charge in [0.05, 0.1) is 6.61 Å². The van der Waals surface area contributed by atoms with Crippen molar-refractivity contribution in [1.82, 2.24) is 5.32 Å². The van der Waals surface area contributed by atoms with E-state index in [1.807, 2.05) is 32.9 Å². The van der Waals surface area contributed by atoms with Gasteiger partial charge in [-0.3, -0.25) is 4.79 Å². The van der Waals surface area contributed by atoms with Crippen LogP contribution in [0.2, 0.25) is 0 Å². The SMILES string of the molecule is CC(C)(C)NC(=O)OCCc1ccc(NC(=O)CN=[N+]=[N-])cc1. The Morgan fingerprint density at radius 3 is 2.48 bits per heavy atom. The third-order valence-electron chi connectivity index (χ3n) is 2.62. The van der Waals surface area contributed by atoms with Gasteiger partial charge in [0, 0.05) is 22.6 Å². The molecule has 2 N–H and O–H groups in total. The minimum atomic E-state index is -0.445. The molecular weight excluding hydrogens is 298 g/mol. The molecule has 0 fully saturated rings. The number of amides is 2. The molecule has 0 aromatic heterocycles. The maximum absolute atomic E-state index is 11.5. The van der Waals surface area contributed by atoms with Crippen LogP contribution in [0, 0.1) is 0 Å². The lowest BCUT2D eigenvalue weighted by molar-refractivity contribution is -0.114. The Labute approximate surface area is 134 Å². The smallest absolute Gasteiger partial charge is 0.407 e. The first-order chi connectivity index (χ1) is 10.8. The molecular formula is C15H21N5O3. The van der Waals surface area contributed by atoms with Crippen LogP contribution in [0.1, 0.15) is 26.3 Å². The van der Waals surface area contributed by atoms with E-state index >= 15 is 0 Å². The topological polar surface area (TPSA) is 116 Å². The van der Waals surface area contributed by atoms with E-state index in [0.717, 1.165) is 5.56 Å². The van der Waals surface area contributed by atoms with Crippen LogP contribution >= 0.6 is 0 Å². The van der Waals surface area contributed by atoms with Crippen molar-refractivity contribution in [3.8, 4) is 0 Å². The third-order valence-corrected chi connectivity index (χ3v) is 2.62. The second-order valence-corrected chi connectivity index (χ2v) is 5.89. The summed E-state index contributed by atoms with van der Waals surface area (Å²) in [4.78, 5) is 25.4. The summed E-state index contributed by atoms with van der Waals surface area (Å²) in [7, 11) is 0. The molecule has 0 saturated heterocycles. The number of carbonyl (C=O) groups is 2. The molecule has 0 bridgehead atoms. The number of anilines is 1. The molecule has 0 heterocycles. The molecule has 23 heavy (non-hydrogen) atoms. The first kappa shape index (κ1) is 18.3. The second kappa shape index (κ2) is 8.65. The molecule has 0 radical (unpaired) electrons. The van der Waals surface area contributed by atoms with Gasteiger partial charge in [0.2, 0.25) is 5.91 Å². The number of rotatable bonds is 6. The summed E-state index contributed by atoms with van der Waals surface area (Å²) < 4.78 is 5.09. The van der Waals surface area contributed by atoms with Crippen molar-refractivity contribution in [1.29, 1.82) is 0 Å².